The number of nitrogens with zero attached hydrogens (tertiary/aromatic N) is 6. The Hall–Kier alpha value is -1.70. The van der Waals surface area contributed by atoms with Crippen molar-refractivity contribution in [1.82, 2.24) is 29.9 Å². The van der Waals surface area contributed by atoms with Crippen LogP contribution in [0.5, 0.6) is 0 Å². The van der Waals surface area contributed by atoms with Gasteiger partial charge >= 0.3 is 0 Å². The van der Waals surface area contributed by atoms with Crippen LogP contribution in [0.1, 0.15) is 13.8 Å². The highest BCUT2D eigenvalue weighted by Gasteiger charge is 2.14. The van der Waals surface area contributed by atoms with E-state index in [0.29, 0.717) is 21.9 Å². The molecule has 0 aliphatic heterocycles. The monoisotopic (exact) mass is 280 g/mol. The van der Waals surface area contributed by atoms with Crippen molar-refractivity contribution in [2.45, 2.75) is 18.9 Å². The molecular formula is C11H16N6OS. The van der Waals surface area contributed by atoms with Crippen LogP contribution in [0.15, 0.2) is 11.4 Å². The maximum absolute atomic E-state index is 11.9. The van der Waals surface area contributed by atoms with Crippen molar-refractivity contribution in [1.29, 1.82) is 0 Å². The number of aryl methyl sites for hydroxylation is 1. The van der Waals surface area contributed by atoms with Gasteiger partial charge in [0.2, 0.25) is 5.91 Å². The van der Waals surface area contributed by atoms with E-state index in [2.05, 4.69) is 20.3 Å². The molecule has 8 heteroatoms. The van der Waals surface area contributed by atoms with E-state index in [1.165, 1.54) is 18.1 Å². The van der Waals surface area contributed by atoms with Gasteiger partial charge in [0.05, 0.1) is 5.75 Å². The van der Waals surface area contributed by atoms with E-state index in [9.17, 15) is 4.79 Å². The highest BCUT2D eigenvalue weighted by Crippen LogP contribution is 2.22. The number of rotatable bonds is 5. The topological polar surface area (TPSA) is 76.8 Å². The fraction of sp³-hybridized carbons (Fsp3) is 0.545. The van der Waals surface area contributed by atoms with E-state index >= 15 is 0 Å². The maximum atomic E-state index is 11.9. The fourth-order valence-electron chi connectivity index (χ4n) is 1.74. The lowest BCUT2D eigenvalue weighted by Gasteiger charge is -2.17. The number of fused-ring (bicyclic) bond motifs is 1. The summed E-state index contributed by atoms with van der Waals surface area (Å²) in [6, 6.07) is 0. The van der Waals surface area contributed by atoms with Crippen LogP contribution >= 0.6 is 11.8 Å². The summed E-state index contributed by atoms with van der Waals surface area (Å²) in [6.07, 6.45) is 1.47. The molecule has 0 unspecified atom stereocenters. The molecule has 0 fully saturated rings. The predicted molar refractivity (Wildman–Crippen MR) is 72.8 cm³/mol. The highest BCUT2D eigenvalue weighted by molar-refractivity contribution is 8.00. The molecule has 2 aromatic heterocycles. The van der Waals surface area contributed by atoms with Gasteiger partial charge in [0, 0.05) is 20.1 Å². The van der Waals surface area contributed by atoms with Crippen molar-refractivity contribution in [3.63, 3.8) is 0 Å². The first-order valence-corrected chi connectivity index (χ1v) is 7.06. The SMILES string of the molecule is CCN(CC)C(=O)CSc1ncnc2c1nnn2C. The molecule has 0 saturated heterocycles. The Labute approximate surface area is 115 Å². The fourth-order valence-corrected chi connectivity index (χ4v) is 2.57. The van der Waals surface area contributed by atoms with Gasteiger partial charge in [-0.15, -0.1) is 5.10 Å². The summed E-state index contributed by atoms with van der Waals surface area (Å²) in [4.78, 5) is 22.0. The quantitative estimate of drug-likeness (QED) is 0.593. The Bertz CT molecular complexity index is 580. The molecule has 1 amide bonds. The maximum Gasteiger partial charge on any atom is 0.232 e. The number of carbonyl (C=O) groups is 1. The van der Waals surface area contributed by atoms with Gasteiger partial charge in [-0.05, 0) is 13.8 Å². The molecule has 0 aromatic carbocycles. The zero-order valence-electron chi connectivity index (χ0n) is 11.2. The van der Waals surface area contributed by atoms with Gasteiger partial charge in [0.15, 0.2) is 11.2 Å². The minimum absolute atomic E-state index is 0.102. The molecule has 0 aliphatic carbocycles. The summed E-state index contributed by atoms with van der Waals surface area (Å²) < 4.78 is 1.59. The van der Waals surface area contributed by atoms with Gasteiger partial charge in [0.25, 0.3) is 0 Å². The molecule has 0 N–H and O–H groups in total. The van der Waals surface area contributed by atoms with Crippen LogP contribution in [0.3, 0.4) is 0 Å². The zero-order chi connectivity index (χ0) is 13.8. The van der Waals surface area contributed by atoms with Crippen LogP contribution in [0, 0.1) is 0 Å². The molecule has 0 radical (unpaired) electrons. The molecule has 2 heterocycles. The average Bonchev–Trinajstić information content (AvgIpc) is 2.80. The third kappa shape index (κ3) is 2.83. The van der Waals surface area contributed by atoms with Crippen LogP contribution < -0.4 is 0 Å². The van der Waals surface area contributed by atoms with Crippen molar-refractivity contribution >= 4 is 28.8 Å². The summed E-state index contributed by atoms with van der Waals surface area (Å²) in [7, 11) is 1.78. The van der Waals surface area contributed by atoms with Crippen molar-refractivity contribution in [2.24, 2.45) is 7.05 Å². The Balaban J connectivity index is 2.12. The number of amides is 1. The van der Waals surface area contributed by atoms with E-state index in [-0.39, 0.29) is 5.91 Å². The first-order chi connectivity index (χ1) is 9.17. The summed E-state index contributed by atoms with van der Waals surface area (Å²) in [5.41, 5.74) is 1.31. The Morgan fingerprint density at radius 2 is 2.11 bits per heavy atom. The zero-order valence-corrected chi connectivity index (χ0v) is 12.0. The Kier molecular flexibility index (Phi) is 4.31. The molecule has 102 valence electrons. The third-order valence-electron chi connectivity index (χ3n) is 2.80. The molecule has 7 nitrogen and oxygen atoms in total. The van der Waals surface area contributed by atoms with Crippen molar-refractivity contribution in [3.8, 4) is 0 Å². The molecular weight excluding hydrogens is 264 g/mol. The minimum Gasteiger partial charge on any atom is -0.343 e. The van der Waals surface area contributed by atoms with Gasteiger partial charge in [-0.2, -0.15) is 0 Å². The van der Waals surface area contributed by atoms with Gasteiger partial charge < -0.3 is 4.90 Å². The van der Waals surface area contributed by atoms with Crippen LogP contribution in [-0.2, 0) is 11.8 Å². The van der Waals surface area contributed by atoms with E-state index in [1.54, 1.807) is 16.6 Å². The van der Waals surface area contributed by atoms with E-state index in [4.69, 9.17) is 0 Å². The van der Waals surface area contributed by atoms with E-state index in [1.807, 2.05) is 13.8 Å². The third-order valence-corrected chi connectivity index (χ3v) is 3.77. The van der Waals surface area contributed by atoms with Crippen molar-refractivity contribution < 1.29 is 4.79 Å². The Morgan fingerprint density at radius 1 is 1.37 bits per heavy atom. The summed E-state index contributed by atoms with van der Waals surface area (Å²) in [5, 5.41) is 8.62. The molecule has 0 bridgehead atoms. The minimum atomic E-state index is 0.102. The molecule has 0 aliphatic rings. The first kappa shape index (κ1) is 13.7. The lowest BCUT2D eigenvalue weighted by Crippen LogP contribution is -2.31. The van der Waals surface area contributed by atoms with E-state index < -0.39 is 0 Å². The van der Waals surface area contributed by atoms with Crippen LogP contribution in [0.4, 0.5) is 0 Å². The largest absolute Gasteiger partial charge is 0.343 e. The van der Waals surface area contributed by atoms with Gasteiger partial charge in [0.1, 0.15) is 11.4 Å². The average molecular weight is 280 g/mol. The Morgan fingerprint density at radius 3 is 2.79 bits per heavy atom. The number of carbonyl (C=O) groups excluding carboxylic acids is 1. The second kappa shape index (κ2) is 5.96. The summed E-state index contributed by atoms with van der Waals surface area (Å²) in [6.45, 7) is 5.38. The number of thioether (sulfide) groups is 1. The van der Waals surface area contributed by atoms with Crippen LogP contribution in [0.25, 0.3) is 11.2 Å². The molecule has 0 spiro atoms. The standard InChI is InChI=1S/C11H16N6OS/c1-4-17(5-2)8(18)6-19-11-9-10(12-7-13-11)16(3)15-14-9/h7H,4-6H2,1-3H3. The normalized spacial score (nSPS) is 10.9. The highest BCUT2D eigenvalue weighted by atomic mass is 32.2. The number of hydrogen-bond donors (Lipinski definition) is 0. The lowest BCUT2D eigenvalue weighted by atomic mass is 10.5. The molecule has 0 atom stereocenters. The van der Waals surface area contributed by atoms with Gasteiger partial charge in [-0.3, -0.25) is 4.79 Å². The van der Waals surface area contributed by atoms with E-state index in [0.717, 1.165) is 13.1 Å². The molecule has 0 saturated carbocycles. The van der Waals surface area contributed by atoms with Crippen molar-refractivity contribution in [3.05, 3.63) is 6.33 Å². The second-order valence-electron chi connectivity index (χ2n) is 3.92. The van der Waals surface area contributed by atoms with Gasteiger partial charge in [-0.25, -0.2) is 14.6 Å². The number of hydrogen-bond acceptors (Lipinski definition) is 6. The first-order valence-electron chi connectivity index (χ1n) is 6.08. The molecule has 19 heavy (non-hydrogen) atoms. The summed E-state index contributed by atoms with van der Waals surface area (Å²) in [5.74, 6) is 0.454. The second-order valence-corrected chi connectivity index (χ2v) is 4.88. The summed E-state index contributed by atoms with van der Waals surface area (Å²) >= 11 is 1.37. The number of aromatic nitrogens is 5. The lowest BCUT2D eigenvalue weighted by molar-refractivity contribution is -0.127. The predicted octanol–water partition coefficient (Wildman–Crippen LogP) is 0.719. The molecule has 2 aromatic rings. The smallest absolute Gasteiger partial charge is 0.232 e. The van der Waals surface area contributed by atoms with Gasteiger partial charge in [-0.1, -0.05) is 17.0 Å². The van der Waals surface area contributed by atoms with Crippen LogP contribution in [-0.4, -0.2) is 54.6 Å². The molecule has 2 rings (SSSR count). The van der Waals surface area contributed by atoms with Crippen LogP contribution in [0.2, 0.25) is 0 Å². The van der Waals surface area contributed by atoms with Crippen molar-refractivity contribution in [2.75, 3.05) is 18.8 Å².